The number of carbonyl (C=O) groups excluding carboxylic acids is 3. The molecule has 1 aromatic heterocycles. The van der Waals surface area contributed by atoms with Crippen molar-refractivity contribution < 1.29 is 18.8 Å². The first-order valence-electron chi connectivity index (χ1n) is 14.8. The molecule has 0 bridgehead atoms. The standard InChI is InChI=1S/C32H35N7O4/c1-3-27-37-38-31(43-27)32(14-17(2)36-16-28(40)39-23(15-33)12-22-13-26(22)39)24-8-6-20(29(34)41)10-18(24)4-5-19-11-21(30(35)42)7-9-25(19)32/h6-11,17,22-23,26,36H,3-5,12-14,16H2,1-2H3,(H2,34,41)(H2,35,42)/t17-,22-,23?,26+/m1/s1. The smallest absolute Gasteiger partial charge is 0.248 e. The van der Waals surface area contributed by atoms with Crippen LogP contribution in [-0.4, -0.2) is 57.5 Å². The van der Waals surface area contributed by atoms with E-state index in [1.54, 1.807) is 17.0 Å². The number of aryl methyl sites for hydroxylation is 3. The number of hydrogen-bond donors (Lipinski definition) is 3. The first-order valence-corrected chi connectivity index (χ1v) is 14.8. The van der Waals surface area contributed by atoms with Gasteiger partial charge in [-0.1, -0.05) is 19.1 Å². The molecule has 43 heavy (non-hydrogen) atoms. The number of fused-ring (bicyclic) bond motifs is 3. The number of likely N-dealkylation sites (tertiary alicyclic amines) is 1. The Hall–Kier alpha value is -4.56. The molecule has 2 fully saturated rings. The summed E-state index contributed by atoms with van der Waals surface area (Å²) in [7, 11) is 0. The van der Waals surface area contributed by atoms with Crippen molar-refractivity contribution in [2.45, 2.75) is 75.9 Å². The van der Waals surface area contributed by atoms with Crippen molar-refractivity contribution in [2.24, 2.45) is 17.4 Å². The predicted octanol–water partition coefficient (Wildman–Crippen LogP) is 2.14. The lowest BCUT2D eigenvalue weighted by atomic mass is 9.68. The molecule has 1 unspecified atom stereocenters. The number of nitrogens with one attached hydrogen (secondary N) is 1. The number of rotatable bonds is 9. The number of aromatic nitrogens is 2. The summed E-state index contributed by atoms with van der Waals surface area (Å²) in [4.78, 5) is 39.3. The molecule has 1 saturated carbocycles. The summed E-state index contributed by atoms with van der Waals surface area (Å²) in [5.41, 5.74) is 14.7. The predicted molar refractivity (Wildman–Crippen MR) is 156 cm³/mol. The molecular formula is C32H35N7O4. The number of hydrogen-bond acceptors (Lipinski definition) is 8. The van der Waals surface area contributed by atoms with Crippen molar-refractivity contribution in [2.75, 3.05) is 6.54 Å². The minimum atomic E-state index is -0.978. The summed E-state index contributed by atoms with van der Waals surface area (Å²) in [6.45, 7) is 4.02. The number of nitrogens with two attached hydrogens (primary N) is 2. The van der Waals surface area contributed by atoms with Crippen molar-refractivity contribution in [1.82, 2.24) is 20.4 Å². The van der Waals surface area contributed by atoms with Crippen molar-refractivity contribution >= 4 is 17.7 Å². The Bertz CT molecular complexity index is 1590. The van der Waals surface area contributed by atoms with Crippen molar-refractivity contribution in [1.29, 1.82) is 5.26 Å². The lowest BCUT2D eigenvalue weighted by molar-refractivity contribution is -0.131. The van der Waals surface area contributed by atoms with Crippen molar-refractivity contribution in [3.63, 3.8) is 0 Å². The van der Waals surface area contributed by atoms with E-state index in [1.165, 1.54) is 0 Å². The number of piperidine rings is 1. The Labute approximate surface area is 249 Å². The lowest BCUT2D eigenvalue weighted by Gasteiger charge is -2.36. The molecule has 222 valence electrons. The zero-order valence-electron chi connectivity index (χ0n) is 24.3. The Kier molecular flexibility index (Phi) is 7.26. The average Bonchev–Trinajstić information content (AvgIpc) is 3.44. The normalized spacial score (nSPS) is 22.0. The van der Waals surface area contributed by atoms with E-state index in [0.717, 1.165) is 35.1 Å². The molecule has 11 nitrogen and oxygen atoms in total. The highest BCUT2D eigenvalue weighted by Crippen LogP contribution is 2.49. The molecule has 2 aromatic carbocycles. The van der Waals surface area contributed by atoms with Crippen LogP contribution in [0.4, 0.5) is 0 Å². The largest absolute Gasteiger partial charge is 0.424 e. The average molecular weight is 582 g/mol. The highest BCUT2D eigenvalue weighted by Gasteiger charge is 2.54. The van der Waals surface area contributed by atoms with Gasteiger partial charge in [-0.15, -0.1) is 10.2 Å². The van der Waals surface area contributed by atoms with Gasteiger partial charge in [0, 0.05) is 29.6 Å². The molecule has 3 aromatic rings. The van der Waals surface area contributed by atoms with E-state index in [4.69, 9.17) is 15.9 Å². The maximum atomic E-state index is 13.3. The highest BCUT2D eigenvalue weighted by atomic mass is 16.4. The van der Waals surface area contributed by atoms with Crippen LogP contribution in [0.2, 0.25) is 0 Å². The van der Waals surface area contributed by atoms with Crippen LogP contribution < -0.4 is 16.8 Å². The third kappa shape index (κ3) is 4.95. The van der Waals surface area contributed by atoms with E-state index in [2.05, 4.69) is 21.6 Å². The van der Waals surface area contributed by atoms with Crippen LogP contribution in [0.1, 0.15) is 87.9 Å². The number of amides is 3. The van der Waals surface area contributed by atoms with Gasteiger partial charge in [0.05, 0.1) is 12.6 Å². The van der Waals surface area contributed by atoms with Gasteiger partial charge in [-0.3, -0.25) is 14.4 Å². The molecule has 6 rings (SSSR count). The van der Waals surface area contributed by atoms with Crippen molar-refractivity contribution in [3.05, 3.63) is 81.6 Å². The Morgan fingerprint density at radius 2 is 1.70 bits per heavy atom. The number of nitriles is 1. The van der Waals surface area contributed by atoms with E-state index >= 15 is 0 Å². The SMILES string of the molecule is CCc1nnc(C2(C[C@@H](C)NCC(=O)N3C(C#N)C[C@@H]4C[C@@H]43)c3ccc(C(N)=O)cc3CCc3cc(C(N)=O)ccc32)o1. The molecular weight excluding hydrogens is 546 g/mol. The highest BCUT2D eigenvalue weighted by molar-refractivity contribution is 5.94. The molecule has 1 aliphatic heterocycles. The second-order valence-electron chi connectivity index (χ2n) is 12.0. The van der Waals surface area contributed by atoms with Gasteiger partial charge >= 0.3 is 0 Å². The number of nitrogens with zero attached hydrogens (tertiary/aromatic N) is 4. The lowest BCUT2D eigenvalue weighted by Crippen LogP contribution is -2.46. The van der Waals surface area contributed by atoms with Crippen molar-refractivity contribution in [3.8, 4) is 6.07 Å². The zero-order valence-corrected chi connectivity index (χ0v) is 24.3. The van der Waals surface area contributed by atoms with Crippen LogP contribution in [-0.2, 0) is 29.5 Å². The second-order valence-corrected chi connectivity index (χ2v) is 12.0. The molecule has 1 saturated heterocycles. The van der Waals surface area contributed by atoms with Crippen LogP contribution in [0.15, 0.2) is 40.8 Å². The van der Waals surface area contributed by atoms with Gasteiger partial charge in [-0.2, -0.15) is 5.26 Å². The zero-order chi connectivity index (χ0) is 30.5. The number of carbonyl (C=O) groups is 3. The minimum Gasteiger partial charge on any atom is -0.424 e. The van der Waals surface area contributed by atoms with E-state index < -0.39 is 17.2 Å². The van der Waals surface area contributed by atoms with E-state index in [-0.39, 0.29) is 30.6 Å². The van der Waals surface area contributed by atoms with Gasteiger partial charge in [-0.25, -0.2) is 0 Å². The fraction of sp³-hybridized carbons (Fsp3) is 0.438. The summed E-state index contributed by atoms with van der Waals surface area (Å²) in [6, 6.07) is 12.7. The first-order chi connectivity index (χ1) is 20.7. The minimum absolute atomic E-state index is 0.0811. The van der Waals surface area contributed by atoms with E-state index in [0.29, 0.717) is 54.5 Å². The summed E-state index contributed by atoms with van der Waals surface area (Å²) in [5.74, 6) is 0.173. The monoisotopic (exact) mass is 581 g/mol. The van der Waals surface area contributed by atoms with Crippen LogP contribution in [0, 0.1) is 17.2 Å². The Morgan fingerprint density at radius 3 is 2.23 bits per heavy atom. The van der Waals surface area contributed by atoms with Crippen LogP contribution in [0.3, 0.4) is 0 Å². The molecule has 3 amide bonds. The second kappa shape index (κ2) is 10.9. The third-order valence-corrected chi connectivity index (χ3v) is 9.25. The topological polar surface area (TPSA) is 181 Å². The summed E-state index contributed by atoms with van der Waals surface area (Å²) >= 11 is 0. The molecule has 3 aliphatic rings. The summed E-state index contributed by atoms with van der Waals surface area (Å²) in [6.07, 6.45) is 3.84. The fourth-order valence-corrected chi connectivity index (χ4v) is 7.08. The van der Waals surface area contributed by atoms with E-state index in [1.807, 2.05) is 38.1 Å². The Morgan fingerprint density at radius 1 is 1.07 bits per heavy atom. The van der Waals surface area contributed by atoms with E-state index in [9.17, 15) is 19.6 Å². The molecule has 4 atom stereocenters. The van der Waals surface area contributed by atoms with Crippen LogP contribution in [0.5, 0.6) is 0 Å². The van der Waals surface area contributed by atoms with Gasteiger partial charge in [0.15, 0.2) is 0 Å². The summed E-state index contributed by atoms with van der Waals surface area (Å²) in [5, 5.41) is 21.8. The maximum absolute atomic E-state index is 13.3. The first kappa shape index (κ1) is 28.6. The molecule has 0 radical (unpaired) electrons. The van der Waals surface area contributed by atoms with Gasteiger partial charge in [0.25, 0.3) is 0 Å². The molecule has 2 aliphatic carbocycles. The maximum Gasteiger partial charge on any atom is 0.248 e. The molecule has 2 heterocycles. The number of primary amides is 2. The molecule has 5 N–H and O–H groups in total. The third-order valence-electron chi connectivity index (χ3n) is 9.25. The molecule has 11 heteroatoms. The fourth-order valence-electron chi connectivity index (χ4n) is 7.08. The molecule has 0 spiro atoms. The summed E-state index contributed by atoms with van der Waals surface area (Å²) < 4.78 is 6.31. The number of benzene rings is 2. The van der Waals surface area contributed by atoms with Gasteiger partial charge < -0.3 is 26.1 Å². The van der Waals surface area contributed by atoms with Gasteiger partial charge in [0.2, 0.25) is 29.5 Å². The van der Waals surface area contributed by atoms with Gasteiger partial charge in [0.1, 0.15) is 11.5 Å². The van der Waals surface area contributed by atoms with Gasteiger partial charge in [-0.05, 0) is 91.5 Å². The Balaban J connectivity index is 1.43. The van der Waals surface area contributed by atoms with Crippen LogP contribution >= 0.6 is 0 Å². The quantitative estimate of drug-likeness (QED) is 0.343. The van der Waals surface area contributed by atoms with Crippen LogP contribution in [0.25, 0.3) is 0 Å².